The van der Waals surface area contributed by atoms with Gasteiger partial charge in [-0.3, -0.25) is 4.57 Å². The number of aromatic amines is 1. The molecule has 2 aromatic heterocycles. The van der Waals surface area contributed by atoms with Gasteiger partial charge in [-0.25, -0.2) is 4.98 Å². The summed E-state index contributed by atoms with van der Waals surface area (Å²) in [5.41, 5.74) is 3.80. The van der Waals surface area contributed by atoms with Gasteiger partial charge in [0, 0.05) is 12.3 Å². The highest BCUT2D eigenvalue weighted by Gasteiger charge is 2.08. The lowest BCUT2D eigenvalue weighted by Gasteiger charge is -2.06. The van der Waals surface area contributed by atoms with Crippen LogP contribution in [0, 0.1) is 11.7 Å². The number of fused-ring (bicyclic) bond motifs is 1. The number of H-pyrrole nitrogens is 1. The summed E-state index contributed by atoms with van der Waals surface area (Å²) >= 11 is 5.38. The molecule has 0 saturated carbocycles. The summed E-state index contributed by atoms with van der Waals surface area (Å²) in [5, 5.41) is 0. The highest BCUT2D eigenvalue weighted by molar-refractivity contribution is 7.71. The highest BCUT2D eigenvalue weighted by atomic mass is 32.1. The van der Waals surface area contributed by atoms with Crippen LogP contribution in [-0.2, 0) is 0 Å². The third-order valence-corrected chi connectivity index (χ3v) is 3.26. The maximum atomic E-state index is 5.38. The SMILES string of the molecule is COc1cccc(-n2c(=S)[nH]c3cc(C)cnc32)c1. The summed E-state index contributed by atoms with van der Waals surface area (Å²) in [4.78, 5) is 7.64. The topological polar surface area (TPSA) is 42.8 Å². The molecule has 0 saturated heterocycles. The summed E-state index contributed by atoms with van der Waals surface area (Å²) in [7, 11) is 1.65. The summed E-state index contributed by atoms with van der Waals surface area (Å²) in [6.45, 7) is 2.01. The van der Waals surface area contributed by atoms with Crippen molar-refractivity contribution in [3.05, 3.63) is 46.9 Å². The van der Waals surface area contributed by atoms with E-state index in [4.69, 9.17) is 17.0 Å². The van der Waals surface area contributed by atoms with Crippen LogP contribution in [0.2, 0.25) is 0 Å². The van der Waals surface area contributed by atoms with Crippen LogP contribution in [-0.4, -0.2) is 21.6 Å². The molecule has 0 radical (unpaired) electrons. The van der Waals surface area contributed by atoms with Crippen molar-refractivity contribution in [1.29, 1.82) is 0 Å². The van der Waals surface area contributed by atoms with Crippen LogP contribution in [0.3, 0.4) is 0 Å². The van der Waals surface area contributed by atoms with Crippen molar-refractivity contribution < 1.29 is 4.74 Å². The Morgan fingerprint density at radius 2 is 2.16 bits per heavy atom. The van der Waals surface area contributed by atoms with E-state index in [1.165, 1.54) is 0 Å². The van der Waals surface area contributed by atoms with E-state index in [1.54, 1.807) is 7.11 Å². The lowest BCUT2D eigenvalue weighted by atomic mass is 10.3. The second-order valence-electron chi connectivity index (χ2n) is 4.35. The van der Waals surface area contributed by atoms with Crippen LogP contribution in [0.25, 0.3) is 16.9 Å². The van der Waals surface area contributed by atoms with Crippen molar-refractivity contribution >= 4 is 23.4 Å². The number of hydrogen-bond donors (Lipinski definition) is 1. The third kappa shape index (κ3) is 2.02. The minimum absolute atomic E-state index is 0.626. The summed E-state index contributed by atoms with van der Waals surface area (Å²) < 4.78 is 7.78. The number of rotatable bonds is 2. The molecule has 19 heavy (non-hydrogen) atoms. The predicted octanol–water partition coefficient (Wildman–Crippen LogP) is 3.40. The van der Waals surface area contributed by atoms with E-state index < -0.39 is 0 Å². The molecule has 2 heterocycles. The highest BCUT2D eigenvalue weighted by Crippen LogP contribution is 2.21. The lowest BCUT2D eigenvalue weighted by molar-refractivity contribution is 0.414. The Labute approximate surface area is 115 Å². The van der Waals surface area contributed by atoms with Crippen molar-refractivity contribution in [3.63, 3.8) is 0 Å². The number of methoxy groups -OCH3 is 1. The number of aromatic nitrogens is 3. The second kappa shape index (κ2) is 4.51. The minimum atomic E-state index is 0.626. The van der Waals surface area contributed by atoms with E-state index in [0.29, 0.717) is 4.77 Å². The zero-order valence-corrected chi connectivity index (χ0v) is 11.5. The third-order valence-electron chi connectivity index (χ3n) is 2.97. The fraction of sp³-hybridized carbons (Fsp3) is 0.143. The lowest BCUT2D eigenvalue weighted by Crippen LogP contribution is -1.96. The van der Waals surface area contributed by atoms with Crippen molar-refractivity contribution in [2.75, 3.05) is 7.11 Å². The Kier molecular flexibility index (Phi) is 2.83. The average molecular weight is 271 g/mol. The number of aryl methyl sites for hydroxylation is 1. The number of imidazole rings is 1. The van der Waals surface area contributed by atoms with Gasteiger partial charge in [0.1, 0.15) is 5.75 Å². The van der Waals surface area contributed by atoms with E-state index in [9.17, 15) is 0 Å². The van der Waals surface area contributed by atoms with Gasteiger partial charge in [0.15, 0.2) is 10.4 Å². The molecule has 0 atom stereocenters. The quantitative estimate of drug-likeness (QED) is 0.726. The first-order valence-corrected chi connectivity index (χ1v) is 6.31. The van der Waals surface area contributed by atoms with Crippen molar-refractivity contribution in [2.45, 2.75) is 6.92 Å². The first-order chi connectivity index (χ1) is 9.19. The normalized spacial score (nSPS) is 10.8. The molecule has 0 unspecified atom stereocenters. The van der Waals surface area contributed by atoms with Gasteiger partial charge in [-0.1, -0.05) is 6.07 Å². The summed E-state index contributed by atoms with van der Waals surface area (Å²) in [5.74, 6) is 0.792. The molecule has 1 N–H and O–H groups in total. The molecular weight excluding hydrogens is 258 g/mol. The second-order valence-corrected chi connectivity index (χ2v) is 4.74. The molecular formula is C14H13N3OS. The van der Waals surface area contributed by atoms with Gasteiger partial charge in [0.05, 0.1) is 18.3 Å². The molecule has 0 spiro atoms. The molecule has 0 aliphatic rings. The Morgan fingerprint density at radius 1 is 1.32 bits per heavy atom. The Bertz CT molecular complexity index is 804. The number of ether oxygens (including phenoxy) is 1. The molecule has 0 amide bonds. The average Bonchev–Trinajstić information content (AvgIpc) is 2.73. The van der Waals surface area contributed by atoms with Crippen LogP contribution < -0.4 is 4.74 Å². The molecule has 3 rings (SSSR count). The van der Waals surface area contributed by atoms with Crippen LogP contribution >= 0.6 is 12.2 Å². The van der Waals surface area contributed by atoms with Gasteiger partial charge >= 0.3 is 0 Å². The molecule has 0 bridgehead atoms. The van der Waals surface area contributed by atoms with E-state index >= 15 is 0 Å². The van der Waals surface area contributed by atoms with E-state index in [1.807, 2.05) is 48.0 Å². The Morgan fingerprint density at radius 3 is 2.95 bits per heavy atom. The van der Waals surface area contributed by atoms with E-state index in [0.717, 1.165) is 28.2 Å². The molecule has 1 aromatic carbocycles. The van der Waals surface area contributed by atoms with Crippen molar-refractivity contribution in [1.82, 2.24) is 14.5 Å². The summed E-state index contributed by atoms with van der Waals surface area (Å²) in [6, 6.07) is 9.79. The van der Waals surface area contributed by atoms with Gasteiger partial charge in [-0.05, 0) is 42.9 Å². The fourth-order valence-corrected chi connectivity index (χ4v) is 2.39. The molecule has 4 nitrogen and oxygen atoms in total. The minimum Gasteiger partial charge on any atom is -0.497 e. The van der Waals surface area contributed by atoms with Crippen LogP contribution in [0.1, 0.15) is 5.56 Å². The van der Waals surface area contributed by atoms with Gasteiger partial charge in [-0.2, -0.15) is 0 Å². The van der Waals surface area contributed by atoms with Crippen molar-refractivity contribution in [2.24, 2.45) is 0 Å². The van der Waals surface area contributed by atoms with Crippen LogP contribution in [0.15, 0.2) is 36.5 Å². The van der Waals surface area contributed by atoms with Gasteiger partial charge in [-0.15, -0.1) is 0 Å². The molecule has 96 valence electrons. The van der Waals surface area contributed by atoms with E-state index in [2.05, 4.69) is 9.97 Å². The van der Waals surface area contributed by atoms with Crippen LogP contribution in [0.5, 0.6) is 5.75 Å². The first-order valence-electron chi connectivity index (χ1n) is 5.91. The van der Waals surface area contributed by atoms with Crippen molar-refractivity contribution in [3.8, 4) is 11.4 Å². The number of nitrogens with one attached hydrogen (secondary N) is 1. The predicted molar refractivity (Wildman–Crippen MR) is 77.5 cm³/mol. The molecule has 0 aliphatic heterocycles. The zero-order valence-electron chi connectivity index (χ0n) is 10.7. The van der Waals surface area contributed by atoms with E-state index in [-0.39, 0.29) is 0 Å². The largest absolute Gasteiger partial charge is 0.497 e. The maximum Gasteiger partial charge on any atom is 0.184 e. The molecule has 0 fully saturated rings. The monoisotopic (exact) mass is 271 g/mol. The molecule has 5 heteroatoms. The standard InChI is InChI=1S/C14H13N3OS/c1-9-6-12-13(15-8-9)17(14(19)16-12)10-4-3-5-11(7-10)18-2/h3-8H,1-2H3,(H,16,19). The van der Waals surface area contributed by atoms with Crippen LogP contribution in [0.4, 0.5) is 0 Å². The molecule has 0 aliphatic carbocycles. The maximum absolute atomic E-state index is 5.38. The number of pyridine rings is 1. The first kappa shape index (κ1) is 11.9. The summed E-state index contributed by atoms with van der Waals surface area (Å²) in [6.07, 6.45) is 1.83. The van der Waals surface area contributed by atoms with Gasteiger partial charge < -0.3 is 9.72 Å². The van der Waals surface area contributed by atoms with Gasteiger partial charge in [0.2, 0.25) is 0 Å². The number of hydrogen-bond acceptors (Lipinski definition) is 3. The number of nitrogens with zero attached hydrogens (tertiary/aromatic N) is 2. The fourth-order valence-electron chi connectivity index (χ4n) is 2.09. The Hall–Kier alpha value is -2.14. The number of benzene rings is 1. The Balaban J connectivity index is 2.29. The zero-order chi connectivity index (χ0) is 13.4. The van der Waals surface area contributed by atoms with Gasteiger partial charge in [0.25, 0.3) is 0 Å². The smallest absolute Gasteiger partial charge is 0.184 e. The molecule has 3 aromatic rings.